The molecular weight excluding hydrogens is 327 g/mol. The van der Waals surface area contributed by atoms with Crippen LogP contribution in [0, 0.1) is 0 Å². The summed E-state index contributed by atoms with van der Waals surface area (Å²) in [5, 5.41) is 0. The molecule has 0 aromatic carbocycles. The molecular formula is H2O9S2Sn. The summed E-state index contributed by atoms with van der Waals surface area (Å²) in [4.78, 5) is 0. The first-order valence-electron chi connectivity index (χ1n) is 1.33. The van der Waals surface area contributed by atoms with Gasteiger partial charge in [-0.25, -0.2) is 0 Å². The maximum atomic E-state index is 8.52. The number of rotatable bonds is 0. The molecule has 72 valence electrons. The molecule has 0 saturated heterocycles. The Labute approximate surface area is 85.2 Å². The van der Waals surface area contributed by atoms with E-state index < -0.39 is 20.8 Å². The number of hydrogen-bond acceptors (Lipinski definition) is 8. The molecule has 0 atom stereocenters. The van der Waals surface area contributed by atoms with Crippen LogP contribution in [0.5, 0.6) is 0 Å². The monoisotopic (exact) mass is 330 g/mol. The minimum Gasteiger partial charge on any atom is -0.759 e. The third kappa shape index (κ3) is 3810. The Hall–Kier alpha value is 0.499. The third-order valence-corrected chi connectivity index (χ3v) is 0. The van der Waals surface area contributed by atoms with E-state index in [1.165, 1.54) is 0 Å². The molecule has 0 saturated carbocycles. The van der Waals surface area contributed by atoms with Gasteiger partial charge in [0.25, 0.3) is 0 Å². The predicted molar refractivity (Wildman–Crippen MR) is 30.3 cm³/mol. The van der Waals surface area contributed by atoms with Crippen molar-refractivity contribution in [2.45, 2.75) is 0 Å². The molecule has 0 fully saturated rings. The van der Waals surface area contributed by atoms with Gasteiger partial charge in [-0.15, -0.1) is 0 Å². The largest absolute Gasteiger partial charge is 4.00 e. The summed E-state index contributed by atoms with van der Waals surface area (Å²) < 4.78 is 68.2. The Bertz CT molecular complexity index is 209. The Morgan fingerprint density at radius 1 is 0.667 bits per heavy atom. The van der Waals surface area contributed by atoms with Crippen LogP contribution in [0.25, 0.3) is 0 Å². The first-order valence-corrected chi connectivity index (χ1v) is 4.00. The van der Waals surface area contributed by atoms with Crippen molar-refractivity contribution in [3.8, 4) is 0 Å². The van der Waals surface area contributed by atoms with Gasteiger partial charge < -0.3 is 23.7 Å². The Morgan fingerprint density at radius 2 is 0.667 bits per heavy atom. The van der Waals surface area contributed by atoms with E-state index in [9.17, 15) is 0 Å². The van der Waals surface area contributed by atoms with Gasteiger partial charge in [0.05, 0.1) is 0 Å². The van der Waals surface area contributed by atoms with Gasteiger partial charge in [-0.3, -0.25) is 16.8 Å². The molecule has 0 unspecified atom stereocenters. The van der Waals surface area contributed by atoms with Gasteiger partial charge in [-0.2, -0.15) is 0 Å². The van der Waals surface area contributed by atoms with Crippen LogP contribution in [0.3, 0.4) is 0 Å². The molecule has 2 N–H and O–H groups in total. The minimum atomic E-state index is -5.17. The molecule has 0 aliphatic heterocycles. The molecule has 0 bridgehead atoms. The molecule has 0 aliphatic rings. The zero-order chi connectivity index (χ0) is 9.00. The number of hydrogen-bond donors (Lipinski definition) is 0. The smallest absolute Gasteiger partial charge is 0.759 e. The van der Waals surface area contributed by atoms with Gasteiger partial charge in [-0.1, -0.05) is 0 Å². The fraction of sp³-hybridized carbons (Fsp3) is 0. The summed E-state index contributed by atoms with van der Waals surface area (Å²) in [5.74, 6) is 0. The molecule has 0 amide bonds. The van der Waals surface area contributed by atoms with Crippen molar-refractivity contribution in [2.75, 3.05) is 0 Å². The van der Waals surface area contributed by atoms with E-state index in [2.05, 4.69) is 0 Å². The molecule has 0 spiro atoms. The van der Waals surface area contributed by atoms with Gasteiger partial charge in [0.15, 0.2) is 0 Å². The second-order valence-electron chi connectivity index (χ2n) is 0.816. The van der Waals surface area contributed by atoms with Crippen molar-refractivity contribution in [3.05, 3.63) is 0 Å². The van der Waals surface area contributed by atoms with E-state index in [0.717, 1.165) is 0 Å². The van der Waals surface area contributed by atoms with E-state index in [4.69, 9.17) is 35.0 Å². The molecule has 0 radical (unpaired) electrons. The van der Waals surface area contributed by atoms with E-state index in [0.29, 0.717) is 0 Å². The van der Waals surface area contributed by atoms with Gasteiger partial charge in [-0.05, 0) is 0 Å². The topological polar surface area (TPSA) is 192 Å². The first kappa shape index (κ1) is 22.9. The summed E-state index contributed by atoms with van der Waals surface area (Å²) in [6.45, 7) is 0. The zero-order valence-electron chi connectivity index (χ0n) is 5.08. The minimum absolute atomic E-state index is 0. The van der Waals surface area contributed by atoms with Gasteiger partial charge >= 0.3 is 23.9 Å². The average molecular weight is 329 g/mol. The summed E-state index contributed by atoms with van der Waals surface area (Å²) >= 11 is 0. The summed E-state index contributed by atoms with van der Waals surface area (Å²) in [6, 6.07) is 0. The van der Waals surface area contributed by atoms with Crippen LogP contribution in [-0.2, 0) is 20.8 Å². The maximum absolute atomic E-state index is 8.52. The average Bonchev–Trinajstić information content (AvgIpc) is 1.12. The quantitative estimate of drug-likeness (QED) is 0.244. The molecule has 9 nitrogen and oxygen atoms in total. The van der Waals surface area contributed by atoms with E-state index in [1.807, 2.05) is 0 Å². The molecule has 0 aromatic rings. The van der Waals surface area contributed by atoms with Gasteiger partial charge in [0, 0.05) is 20.8 Å². The Balaban J connectivity index is -0.0000000457. The molecule has 12 heavy (non-hydrogen) atoms. The van der Waals surface area contributed by atoms with Crippen molar-refractivity contribution < 1.29 is 40.5 Å². The Kier molecular flexibility index (Phi) is 15.5. The van der Waals surface area contributed by atoms with Crippen molar-refractivity contribution >= 4 is 44.7 Å². The Morgan fingerprint density at radius 3 is 0.667 bits per heavy atom. The fourth-order valence-corrected chi connectivity index (χ4v) is 0. The van der Waals surface area contributed by atoms with Crippen molar-refractivity contribution in [1.82, 2.24) is 0 Å². The van der Waals surface area contributed by atoms with Crippen LogP contribution in [0.15, 0.2) is 0 Å². The second kappa shape index (κ2) is 8.11. The van der Waals surface area contributed by atoms with Crippen LogP contribution < -0.4 is 0 Å². The van der Waals surface area contributed by atoms with E-state index in [1.54, 1.807) is 0 Å². The van der Waals surface area contributed by atoms with Crippen LogP contribution in [0.2, 0.25) is 0 Å². The maximum Gasteiger partial charge on any atom is 4.00 e. The standard InChI is InChI=1S/2H2O4S.H2O.Sn/c2*1-5(2,3)4;;/h2*(H2,1,2,3,4);1H2;/q;;;+4/p-4. The van der Waals surface area contributed by atoms with E-state index in [-0.39, 0.29) is 29.4 Å². The molecule has 0 aliphatic carbocycles. The molecule has 12 heteroatoms. The SMILES string of the molecule is O.O=S(=O)([O-])[O-].O=S(=O)([O-])[O-].[Sn+4]. The first-order chi connectivity index (χ1) is 4.00. The summed E-state index contributed by atoms with van der Waals surface area (Å²) in [7, 11) is -10.3. The normalized spacial score (nSPS) is 9.67. The molecule has 0 aromatic heterocycles. The van der Waals surface area contributed by atoms with Crippen molar-refractivity contribution in [2.24, 2.45) is 0 Å². The molecule has 0 heterocycles. The van der Waals surface area contributed by atoms with Gasteiger partial charge in [0.1, 0.15) is 0 Å². The van der Waals surface area contributed by atoms with Crippen molar-refractivity contribution in [3.63, 3.8) is 0 Å². The van der Waals surface area contributed by atoms with Crippen LogP contribution in [-0.4, -0.2) is 64.4 Å². The van der Waals surface area contributed by atoms with Crippen molar-refractivity contribution in [1.29, 1.82) is 0 Å². The summed E-state index contributed by atoms with van der Waals surface area (Å²) in [5.41, 5.74) is 0. The zero-order valence-corrected chi connectivity index (χ0v) is 9.57. The predicted octanol–water partition coefficient (Wildman–Crippen LogP) is -3.88. The van der Waals surface area contributed by atoms with Crippen LogP contribution in [0.4, 0.5) is 0 Å². The van der Waals surface area contributed by atoms with Crippen LogP contribution in [0.1, 0.15) is 0 Å². The third-order valence-electron chi connectivity index (χ3n) is 0. The van der Waals surface area contributed by atoms with Gasteiger partial charge in [0.2, 0.25) is 0 Å². The fourth-order valence-electron chi connectivity index (χ4n) is 0. The second-order valence-corrected chi connectivity index (χ2v) is 2.45. The van der Waals surface area contributed by atoms with Crippen LogP contribution >= 0.6 is 0 Å². The summed E-state index contributed by atoms with van der Waals surface area (Å²) in [6.07, 6.45) is 0. The molecule has 0 rings (SSSR count). The van der Waals surface area contributed by atoms with E-state index >= 15 is 0 Å².